The Kier molecular flexibility index (Phi) is 8.98. The number of phenolic OH excluding ortho intramolecular Hbond substituents is 1. The standard InChI is InChI=1S/C26H30Cl2O5/c1-7-32-24(30)20(25(31)33-26(4,5)6)12-17-13-21(27)19(22(28)14-17)11-16-8-9-23(29)18(10-16)15(2)3/h8-10,12-15,29H,7,11H2,1-6H3/b20-12+. The largest absolute Gasteiger partial charge is 0.508 e. The lowest BCUT2D eigenvalue weighted by Gasteiger charge is -2.20. The number of hydrogen-bond acceptors (Lipinski definition) is 5. The summed E-state index contributed by atoms with van der Waals surface area (Å²) >= 11 is 13.1. The van der Waals surface area contributed by atoms with E-state index in [1.165, 1.54) is 6.08 Å². The molecule has 0 fully saturated rings. The highest BCUT2D eigenvalue weighted by Gasteiger charge is 2.26. The summed E-state index contributed by atoms with van der Waals surface area (Å²) in [6.07, 6.45) is 1.82. The number of rotatable bonds is 7. The summed E-state index contributed by atoms with van der Waals surface area (Å²) in [6, 6.07) is 8.69. The first-order valence-electron chi connectivity index (χ1n) is 10.7. The topological polar surface area (TPSA) is 72.8 Å². The van der Waals surface area contributed by atoms with Gasteiger partial charge in [-0.2, -0.15) is 0 Å². The van der Waals surface area contributed by atoms with Crippen molar-refractivity contribution < 1.29 is 24.2 Å². The molecular formula is C26H30Cl2O5. The van der Waals surface area contributed by atoms with Crippen molar-refractivity contribution in [1.29, 1.82) is 0 Å². The molecule has 0 atom stereocenters. The van der Waals surface area contributed by atoms with E-state index >= 15 is 0 Å². The Morgan fingerprint density at radius 3 is 2.18 bits per heavy atom. The zero-order chi connectivity index (χ0) is 24.9. The lowest BCUT2D eigenvalue weighted by atomic mass is 9.96. The Balaban J connectivity index is 2.42. The number of halogens is 2. The first kappa shape index (κ1) is 26.7. The van der Waals surface area contributed by atoms with E-state index in [9.17, 15) is 14.7 Å². The lowest BCUT2D eigenvalue weighted by Crippen LogP contribution is -2.28. The summed E-state index contributed by atoms with van der Waals surface area (Å²) in [5, 5.41) is 10.8. The molecule has 5 nitrogen and oxygen atoms in total. The number of carbonyl (C=O) groups is 2. The fourth-order valence-corrected chi connectivity index (χ4v) is 3.80. The Bertz CT molecular complexity index is 1040. The minimum atomic E-state index is -0.789. The molecule has 0 aliphatic carbocycles. The third-order valence-electron chi connectivity index (χ3n) is 4.68. The normalized spacial score (nSPS) is 12.1. The lowest BCUT2D eigenvalue weighted by molar-refractivity contribution is -0.154. The van der Waals surface area contributed by atoms with Gasteiger partial charge in [-0.15, -0.1) is 0 Å². The van der Waals surface area contributed by atoms with E-state index in [-0.39, 0.29) is 23.8 Å². The molecule has 178 valence electrons. The Hall–Kier alpha value is -2.50. The minimum Gasteiger partial charge on any atom is -0.508 e. The van der Waals surface area contributed by atoms with Gasteiger partial charge in [0.05, 0.1) is 6.61 Å². The van der Waals surface area contributed by atoms with E-state index in [4.69, 9.17) is 32.7 Å². The number of carbonyl (C=O) groups excluding carboxylic acids is 2. The molecule has 0 bridgehead atoms. The van der Waals surface area contributed by atoms with Crippen LogP contribution in [0.4, 0.5) is 0 Å². The molecule has 0 amide bonds. The van der Waals surface area contributed by atoms with Crippen LogP contribution in [0.5, 0.6) is 5.75 Å². The van der Waals surface area contributed by atoms with Crippen LogP contribution in [-0.4, -0.2) is 29.3 Å². The number of phenols is 1. The zero-order valence-corrected chi connectivity index (χ0v) is 21.3. The molecule has 2 aromatic carbocycles. The second-order valence-corrected chi connectivity index (χ2v) is 9.78. The molecule has 0 saturated carbocycles. The highest BCUT2D eigenvalue weighted by molar-refractivity contribution is 6.36. The molecular weight excluding hydrogens is 463 g/mol. The Morgan fingerprint density at radius 2 is 1.67 bits per heavy atom. The van der Waals surface area contributed by atoms with Crippen LogP contribution >= 0.6 is 23.2 Å². The van der Waals surface area contributed by atoms with Gasteiger partial charge in [0, 0.05) is 16.5 Å². The summed E-state index contributed by atoms with van der Waals surface area (Å²) in [6.45, 7) is 10.9. The summed E-state index contributed by atoms with van der Waals surface area (Å²) in [5.74, 6) is -1.16. The predicted octanol–water partition coefficient (Wildman–Crippen LogP) is 6.70. The van der Waals surface area contributed by atoms with E-state index < -0.39 is 17.5 Å². The monoisotopic (exact) mass is 492 g/mol. The predicted molar refractivity (Wildman–Crippen MR) is 132 cm³/mol. The maximum absolute atomic E-state index is 12.6. The smallest absolute Gasteiger partial charge is 0.346 e. The van der Waals surface area contributed by atoms with Crippen molar-refractivity contribution in [3.05, 3.63) is 68.2 Å². The van der Waals surface area contributed by atoms with Crippen LogP contribution in [0.25, 0.3) is 6.08 Å². The summed E-state index contributed by atoms with van der Waals surface area (Å²) in [5.41, 5.74) is 1.94. The SMILES string of the molecule is CCOC(=O)/C(=C\c1cc(Cl)c(Cc2ccc(O)c(C(C)C)c2)c(Cl)c1)C(=O)OC(C)(C)C. The van der Waals surface area contributed by atoms with Gasteiger partial charge in [-0.1, -0.05) is 49.2 Å². The fourth-order valence-electron chi connectivity index (χ4n) is 3.17. The number of esters is 2. The Labute approximate surface area is 205 Å². The molecule has 2 aromatic rings. The van der Waals surface area contributed by atoms with Crippen LogP contribution in [0.1, 0.15) is 69.7 Å². The van der Waals surface area contributed by atoms with E-state index in [0.717, 1.165) is 11.1 Å². The average Bonchev–Trinajstić information content (AvgIpc) is 2.68. The maximum atomic E-state index is 12.6. The quantitative estimate of drug-likeness (QED) is 0.201. The van der Waals surface area contributed by atoms with Crippen molar-refractivity contribution in [2.24, 2.45) is 0 Å². The van der Waals surface area contributed by atoms with Crippen LogP contribution in [0, 0.1) is 0 Å². The number of benzene rings is 2. The van der Waals surface area contributed by atoms with Crippen molar-refractivity contribution in [2.75, 3.05) is 6.61 Å². The maximum Gasteiger partial charge on any atom is 0.346 e. The first-order valence-corrected chi connectivity index (χ1v) is 11.5. The molecule has 0 heterocycles. The van der Waals surface area contributed by atoms with Gasteiger partial charge in [-0.05, 0) is 80.1 Å². The number of hydrogen-bond donors (Lipinski definition) is 1. The van der Waals surface area contributed by atoms with Crippen LogP contribution in [-0.2, 0) is 25.5 Å². The number of aromatic hydroxyl groups is 1. The second-order valence-electron chi connectivity index (χ2n) is 8.97. The van der Waals surface area contributed by atoms with Crippen LogP contribution < -0.4 is 0 Å². The molecule has 0 radical (unpaired) electrons. The molecule has 0 saturated heterocycles. The van der Waals surface area contributed by atoms with Crippen molar-refractivity contribution in [2.45, 2.75) is 59.5 Å². The minimum absolute atomic E-state index is 0.115. The third kappa shape index (κ3) is 7.51. The molecule has 0 spiro atoms. The van der Waals surface area contributed by atoms with Gasteiger partial charge in [-0.3, -0.25) is 0 Å². The highest BCUT2D eigenvalue weighted by atomic mass is 35.5. The van der Waals surface area contributed by atoms with E-state index in [1.54, 1.807) is 45.9 Å². The molecule has 0 aliphatic heterocycles. The van der Waals surface area contributed by atoms with Gasteiger partial charge < -0.3 is 14.6 Å². The van der Waals surface area contributed by atoms with Crippen molar-refractivity contribution in [1.82, 2.24) is 0 Å². The van der Waals surface area contributed by atoms with Crippen LogP contribution in [0.15, 0.2) is 35.9 Å². The van der Waals surface area contributed by atoms with Gasteiger partial charge in [0.2, 0.25) is 0 Å². The van der Waals surface area contributed by atoms with Gasteiger partial charge in [0.1, 0.15) is 16.9 Å². The van der Waals surface area contributed by atoms with Crippen molar-refractivity contribution in [3.63, 3.8) is 0 Å². The number of ether oxygens (including phenoxy) is 2. The van der Waals surface area contributed by atoms with Gasteiger partial charge in [0.15, 0.2) is 0 Å². The van der Waals surface area contributed by atoms with Gasteiger partial charge in [0.25, 0.3) is 0 Å². The van der Waals surface area contributed by atoms with E-state index in [0.29, 0.717) is 27.6 Å². The molecule has 2 rings (SSSR count). The van der Waals surface area contributed by atoms with Crippen LogP contribution in [0.2, 0.25) is 10.0 Å². The second kappa shape index (κ2) is 11.1. The van der Waals surface area contributed by atoms with Gasteiger partial charge in [-0.25, -0.2) is 9.59 Å². The van der Waals surface area contributed by atoms with Crippen molar-refractivity contribution >= 4 is 41.2 Å². The first-order chi connectivity index (χ1) is 15.3. The fraction of sp³-hybridized carbons (Fsp3) is 0.385. The van der Waals surface area contributed by atoms with E-state index in [1.807, 2.05) is 26.0 Å². The molecule has 1 N–H and O–H groups in total. The van der Waals surface area contributed by atoms with Gasteiger partial charge >= 0.3 is 11.9 Å². The summed E-state index contributed by atoms with van der Waals surface area (Å²) < 4.78 is 10.4. The van der Waals surface area contributed by atoms with Crippen LogP contribution in [0.3, 0.4) is 0 Å². The molecule has 33 heavy (non-hydrogen) atoms. The highest BCUT2D eigenvalue weighted by Crippen LogP contribution is 2.32. The van der Waals surface area contributed by atoms with Crippen molar-refractivity contribution in [3.8, 4) is 5.75 Å². The summed E-state index contributed by atoms with van der Waals surface area (Å²) in [4.78, 5) is 25.0. The third-order valence-corrected chi connectivity index (χ3v) is 5.36. The zero-order valence-electron chi connectivity index (χ0n) is 19.8. The Morgan fingerprint density at radius 1 is 1.06 bits per heavy atom. The molecule has 0 unspecified atom stereocenters. The van der Waals surface area contributed by atoms with E-state index in [2.05, 4.69) is 0 Å². The molecule has 0 aliphatic rings. The average molecular weight is 493 g/mol. The molecule has 0 aromatic heterocycles. The summed E-state index contributed by atoms with van der Waals surface area (Å²) in [7, 11) is 0. The molecule has 7 heteroatoms.